The highest BCUT2D eigenvalue weighted by Gasteiger charge is 2.33. The summed E-state index contributed by atoms with van der Waals surface area (Å²) >= 11 is 0. The van der Waals surface area contributed by atoms with Gasteiger partial charge in [0, 0.05) is 11.3 Å². The lowest BCUT2D eigenvalue weighted by atomic mass is 10.2. The molecule has 0 spiro atoms. The number of rotatable bonds is 6. The fraction of sp³-hybridized carbons (Fsp3) is 0.364. The topological polar surface area (TPSA) is 153 Å². The predicted molar refractivity (Wildman–Crippen MR) is 78.8 cm³/mol. The molecular formula is C11H16N2O7S2. The molecule has 124 valence electrons. The smallest absolute Gasteiger partial charge is 0.398 e. The van der Waals surface area contributed by atoms with E-state index >= 15 is 0 Å². The third-order valence-electron chi connectivity index (χ3n) is 2.72. The number of carbonyl (C=O) groups is 1. The second-order valence-corrected chi connectivity index (χ2v) is 8.02. The van der Waals surface area contributed by atoms with Crippen LogP contribution in [-0.4, -0.2) is 38.1 Å². The van der Waals surface area contributed by atoms with Gasteiger partial charge in [0.1, 0.15) is 5.37 Å². The fourth-order valence-corrected chi connectivity index (χ4v) is 3.42. The molecule has 1 amide bonds. The van der Waals surface area contributed by atoms with Crippen molar-refractivity contribution in [2.75, 3.05) is 5.73 Å². The van der Waals surface area contributed by atoms with Crippen LogP contribution < -0.4 is 11.1 Å². The highest BCUT2D eigenvalue weighted by Crippen LogP contribution is 2.12. The van der Waals surface area contributed by atoms with E-state index in [9.17, 15) is 21.6 Å². The molecule has 0 aliphatic carbocycles. The Morgan fingerprint density at radius 3 is 2.14 bits per heavy atom. The van der Waals surface area contributed by atoms with E-state index in [2.05, 4.69) is 9.50 Å². The second-order valence-electron chi connectivity index (χ2n) is 4.42. The molecule has 22 heavy (non-hydrogen) atoms. The quantitative estimate of drug-likeness (QED) is 0.475. The number of amides is 1. The van der Waals surface area contributed by atoms with Gasteiger partial charge in [-0.2, -0.15) is 8.42 Å². The minimum Gasteiger partial charge on any atom is -0.399 e. The lowest BCUT2D eigenvalue weighted by molar-refractivity contribution is 0.0950. The number of carbonyl (C=O) groups excluding carboxylic acids is 1. The van der Waals surface area contributed by atoms with E-state index in [4.69, 9.17) is 10.3 Å². The maximum absolute atomic E-state index is 12.0. The van der Waals surface area contributed by atoms with Crippen molar-refractivity contribution in [3.8, 4) is 0 Å². The lowest BCUT2D eigenvalue weighted by Gasteiger charge is -2.18. The van der Waals surface area contributed by atoms with Crippen molar-refractivity contribution >= 4 is 31.8 Å². The monoisotopic (exact) mass is 352 g/mol. The highest BCUT2D eigenvalue weighted by atomic mass is 32.3. The van der Waals surface area contributed by atoms with Crippen molar-refractivity contribution in [1.82, 2.24) is 5.32 Å². The molecule has 2 atom stereocenters. The third kappa shape index (κ3) is 4.94. The standard InChI is InChI=1S/C11H16N2O7S2/c1-7(21(15,16)8(2)20-22(17,18)19)13-11(14)9-3-5-10(12)6-4-9/h3-8H,12H2,1-2H3,(H,13,14)(H,17,18,19). The van der Waals surface area contributed by atoms with E-state index in [0.717, 1.165) is 13.8 Å². The average molecular weight is 352 g/mol. The van der Waals surface area contributed by atoms with Gasteiger partial charge in [-0.3, -0.25) is 9.35 Å². The maximum Gasteiger partial charge on any atom is 0.398 e. The van der Waals surface area contributed by atoms with Crippen LogP contribution in [-0.2, 0) is 24.4 Å². The van der Waals surface area contributed by atoms with Gasteiger partial charge in [-0.1, -0.05) is 0 Å². The van der Waals surface area contributed by atoms with Gasteiger partial charge in [0.2, 0.25) is 0 Å². The first kappa shape index (κ1) is 18.4. The van der Waals surface area contributed by atoms with Crippen molar-refractivity contribution in [3.63, 3.8) is 0 Å². The normalized spacial score (nSPS) is 15.0. The molecule has 1 rings (SSSR count). The van der Waals surface area contributed by atoms with Crippen LogP contribution in [0.1, 0.15) is 24.2 Å². The zero-order chi connectivity index (χ0) is 17.1. The van der Waals surface area contributed by atoms with Crippen LogP contribution in [0.4, 0.5) is 5.69 Å². The summed E-state index contributed by atoms with van der Waals surface area (Å²) in [6, 6.07) is 5.75. The molecule has 0 saturated heterocycles. The van der Waals surface area contributed by atoms with Gasteiger partial charge >= 0.3 is 10.4 Å². The third-order valence-corrected chi connectivity index (χ3v) is 5.50. The van der Waals surface area contributed by atoms with E-state index in [1.807, 2.05) is 0 Å². The minimum absolute atomic E-state index is 0.180. The van der Waals surface area contributed by atoms with Crippen LogP contribution in [0, 0.1) is 0 Å². The highest BCUT2D eigenvalue weighted by molar-refractivity contribution is 7.93. The van der Waals surface area contributed by atoms with Crippen molar-refractivity contribution in [2.24, 2.45) is 0 Å². The number of hydrogen-bond acceptors (Lipinski definition) is 7. The minimum atomic E-state index is -4.93. The molecule has 11 heteroatoms. The molecule has 4 N–H and O–H groups in total. The summed E-state index contributed by atoms with van der Waals surface area (Å²) in [4.78, 5) is 11.9. The molecule has 2 unspecified atom stereocenters. The Labute approximate surface area is 128 Å². The van der Waals surface area contributed by atoms with Crippen LogP contribution in [0.3, 0.4) is 0 Å². The van der Waals surface area contributed by atoms with Gasteiger partial charge < -0.3 is 11.1 Å². The Kier molecular flexibility index (Phi) is 5.51. The van der Waals surface area contributed by atoms with Crippen LogP contribution in [0.2, 0.25) is 0 Å². The maximum atomic E-state index is 12.0. The molecule has 0 aromatic heterocycles. The number of benzene rings is 1. The summed E-state index contributed by atoms with van der Waals surface area (Å²) in [5, 5.41) is 0.763. The second kappa shape index (κ2) is 6.60. The molecule has 0 saturated carbocycles. The van der Waals surface area contributed by atoms with Crippen LogP contribution in [0.15, 0.2) is 24.3 Å². The van der Waals surface area contributed by atoms with Crippen LogP contribution >= 0.6 is 0 Å². The average Bonchev–Trinajstić information content (AvgIpc) is 2.37. The lowest BCUT2D eigenvalue weighted by Crippen LogP contribution is -2.43. The van der Waals surface area contributed by atoms with Gasteiger partial charge in [-0.15, -0.1) is 0 Å². The number of nitrogen functional groups attached to an aromatic ring is 1. The summed E-state index contributed by atoms with van der Waals surface area (Å²) in [6.45, 7) is 2.07. The van der Waals surface area contributed by atoms with Gasteiger partial charge in [0.05, 0.1) is 0 Å². The first-order valence-electron chi connectivity index (χ1n) is 5.98. The zero-order valence-electron chi connectivity index (χ0n) is 11.8. The first-order valence-corrected chi connectivity index (χ1v) is 8.96. The Morgan fingerprint density at radius 1 is 1.18 bits per heavy atom. The molecule has 0 bridgehead atoms. The molecule has 0 aliphatic rings. The molecule has 0 aliphatic heterocycles. The molecule has 1 aromatic carbocycles. The summed E-state index contributed by atoms with van der Waals surface area (Å²) in [5.74, 6) is -0.685. The summed E-state index contributed by atoms with van der Waals surface area (Å²) in [5.41, 5.74) is 4.23. The number of hydrogen-bond donors (Lipinski definition) is 3. The van der Waals surface area contributed by atoms with E-state index in [-0.39, 0.29) is 5.56 Å². The van der Waals surface area contributed by atoms with Crippen molar-refractivity contribution < 1.29 is 30.4 Å². The molecule has 9 nitrogen and oxygen atoms in total. The Bertz CT molecular complexity index is 741. The van der Waals surface area contributed by atoms with Gasteiger partial charge in [-0.25, -0.2) is 12.6 Å². The van der Waals surface area contributed by atoms with Crippen molar-refractivity contribution in [1.29, 1.82) is 0 Å². The van der Waals surface area contributed by atoms with Gasteiger partial charge in [-0.05, 0) is 38.1 Å². The van der Waals surface area contributed by atoms with E-state index in [1.165, 1.54) is 24.3 Å². The fourth-order valence-electron chi connectivity index (χ4n) is 1.50. The van der Waals surface area contributed by atoms with Crippen molar-refractivity contribution in [2.45, 2.75) is 24.7 Å². The van der Waals surface area contributed by atoms with E-state index in [1.54, 1.807) is 0 Å². The zero-order valence-corrected chi connectivity index (χ0v) is 13.4. The first-order chi connectivity index (χ1) is 9.93. The van der Waals surface area contributed by atoms with Crippen LogP contribution in [0.25, 0.3) is 0 Å². The van der Waals surface area contributed by atoms with Gasteiger partial charge in [0.25, 0.3) is 5.91 Å². The summed E-state index contributed by atoms with van der Waals surface area (Å²) < 4.78 is 57.6. The number of anilines is 1. The van der Waals surface area contributed by atoms with Gasteiger partial charge in [0.15, 0.2) is 15.3 Å². The van der Waals surface area contributed by atoms with E-state index < -0.39 is 37.0 Å². The molecule has 0 heterocycles. The molecule has 0 fully saturated rings. The van der Waals surface area contributed by atoms with Crippen molar-refractivity contribution in [3.05, 3.63) is 29.8 Å². The summed E-state index contributed by atoms with van der Waals surface area (Å²) in [7, 11) is -9.13. The number of nitrogens with one attached hydrogen (secondary N) is 1. The molecule has 0 radical (unpaired) electrons. The Morgan fingerprint density at radius 2 is 1.68 bits per heavy atom. The predicted octanol–water partition coefficient (Wildman–Crippen LogP) is -0.0752. The number of nitrogens with two attached hydrogens (primary N) is 1. The molecular weight excluding hydrogens is 336 g/mol. The molecule has 1 aromatic rings. The Hall–Kier alpha value is -1.69. The summed E-state index contributed by atoms with van der Waals surface area (Å²) in [6.07, 6.45) is 0. The van der Waals surface area contributed by atoms with Crippen LogP contribution in [0.5, 0.6) is 0 Å². The van der Waals surface area contributed by atoms with E-state index in [0.29, 0.717) is 5.69 Å². The Balaban J connectivity index is 2.84. The SMILES string of the molecule is CC(NC(=O)c1ccc(N)cc1)S(=O)(=O)C(C)OS(=O)(=O)O. The largest absolute Gasteiger partial charge is 0.399 e. The number of sulfone groups is 1.